The first kappa shape index (κ1) is 25.4. The van der Waals surface area contributed by atoms with Crippen LogP contribution in [-0.2, 0) is 11.3 Å². The van der Waals surface area contributed by atoms with Gasteiger partial charge in [0.15, 0.2) is 0 Å². The number of hydrogen-bond donors (Lipinski definition) is 1. The molecule has 0 fully saturated rings. The number of amides is 2. The zero-order valence-electron chi connectivity index (χ0n) is 19.9. The van der Waals surface area contributed by atoms with Crippen LogP contribution in [0.4, 0.5) is 5.69 Å². The van der Waals surface area contributed by atoms with Gasteiger partial charge in [-0.2, -0.15) is 0 Å². The number of carbonyl (C=O) groups excluding carboxylic acids is 2. The van der Waals surface area contributed by atoms with Crippen LogP contribution in [0.25, 0.3) is 0 Å². The number of para-hydroxylation sites is 1. The highest BCUT2D eigenvalue weighted by Crippen LogP contribution is 2.34. The molecule has 182 valence electrons. The van der Waals surface area contributed by atoms with Crippen LogP contribution >= 0.6 is 23.2 Å². The Morgan fingerprint density at radius 1 is 0.889 bits per heavy atom. The molecule has 1 aromatic heterocycles. The first-order valence-electron chi connectivity index (χ1n) is 11.4. The molecule has 1 atom stereocenters. The molecule has 0 saturated carbocycles. The average Bonchev–Trinajstić information content (AvgIpc) is 2.88. The van der Waals surface area contributed by atoms with Crippen molar-refractivity contribution in [3.63, 3.8) is 0 Å². The average molecular weight is 518 g/mol. The lowest BCUT2D eigenvalue weighted by Gasteiger charge is -2.32. The molecule has 1 N–H and O–H groups in total. The van der Waals surface area contributed by atoms with Gasteiger partial charge in [0.25, 0.3) is 11.8 Å². The molecular weight excluding hydrogens is 493 g/mol. The van der Waals surface area contributed by atoms with Gasteiger partial charge in [-0.25, -0.2) is 0 Å². The third kappa shape index (κ3) is 5.76. The van der Waals surface area contributed by atoms with E-state index < -0.39 is 17.9 Å². The summed E-state index contributed by atoms with van der Waals surface area (Å²) in [5.74, 6) is -0.788. The van der Waals surface area contributed by atoms with Crippen LogP contribution in [0.2, 0.25) is 10.0 Å². The van der Waals surface area contributed by atoms with E-state index in [0.717, 1.165) is 16.7 Å². The SMILES string of the molecule is Cc1cccc(C)c1NC(=O)[C@H](c1ccc(Cl)cc1Cl)N(Cc1ccccc1)C(=O)c1ccccn1. The van der Waals surface area contributed by atoms with E-state index >= 15 is 0 Å². The molecule has 3 aromatic carbocycles. The summed E-state index contributed by atoms with van der Waals surface area (Å²) in [6.07, 6.45) is 1.55. The zero-order valence-corrected chi connectivity index (χ0v) is 21.4. The molecule has 0 saturated heterocycles. The van der Waals surface area contributed by atoms with E-state index in [2.05, 4.69) is 10.3 Å². The lowest BCUT2D eigenvalue weighted by Crippen LogP contribution is -2.41. The van der Waals surface area contributed by atoms with Crippen LogP contribution in [0.3, 0.4) is 0 Å². The van der Waals surface area contributed by atoms with E-state index in [0.29, 0.717) is 16.3 Å². The molecule has 4 aromatic rings. The number of nitrogens with zero attached hydrogens (tertiary/aromatic N) is 2. The molecule has 0 unspecified atom stereocenters. The van der Waals surface area contributed by atoms with E-state index in [-0.39, 0.29) is 17.3 Å². The molecule has 0 spiro atoms. The summed E-state index contributed by atoms with van der Waals surface area (Å²) in [6.45, 7) is 4.02. The fourth-order valence-electron chi connectivity index (χ4n) is 4.07. The first-order valence-corrected chi connectivity index (χ1v) is 12.2. The maximum Gasteiger partial charge on any atom is 0.273 e. The quantitative estimate of drug-likeness (QED) is 0.286. The van der Waals surface area contributed by atoms with Crippen LogP contribution in [0.15, 0.2) is 91.1 Å². The number of anilines is 1. The molecular formula is C29H25Cl2N3O2. The Morgan fingerprint density at radius 2 is 1.58 bits per heavy atom. The number of aryl methyl sites for hydroxylation is 2. The third-order valence-corrected chi connectivity index (χ3v) is 6.45. The fraction of sp³-hybridized carbons (Fsp3) is 0.138. The standard InChI is InChI=1S/C29H25Cl2N3O2/c1-19-9-8-10-20(2)26(19)33-28(35)27(23-15-14-22(30)17-24(23)31)34(18-21-11-4-3-5-12-21)29(36)25-13-6-7-16-32-25/h3-17,27H,18H2,1-2H3,(H,33,35)/t27-/m0/s1. The number of benzene rings is 3. The van der Waals surface area contributed by atoms with Crippen molar-refractivity contribution in [1.82, 2.24) is 9.88 Å². The molecule has 0 bridgehead atoms. The highest BCUT2D eigenvalue weighted by Gasteiger charge is 2.34. The Balaban J connectivity index is 1.85. The zero-order chi connectivity index (χ0) is 25.7. The van der Waals surface area contributed by atoms with Gasteiger partial charge in [-0.1, -0.05) is 83.9 Å². The Hall–Kier alpha value is -3.67. The second-order valence-corrected chi connectivity index (χ2v) is 9.30. The predicted octanol–water partition coefficient (Wildman–Crippen LogP) is 7.03. The van der Waals surface area contributed by atoms with E-state index in [9.17, 15) is 9.59 Å². The molecule has 36 heavy (non-hydrogen) atoms. The van der Waals surface area contributed by atoms with Crippen molar-refractivity contribution in [2.75, 3.05) is 5.32 Å². The minimum Gasteiger partial charge on any atom is -0.323 e. The number of nitrogens with one attached hydrogen (secondary N) is 1. The van der Waals surface area contributed by atoms with E-state index in [1.165, 1.54) is 4.90 Å². The maximum absolute atomic E-state index is 14.0. The third-order valence-electron chi connectivity index (χ3n) is 5.89. The van der Waals surface area contributed by atoms with Crippen molar-refractivity contribution in [1.29, 1.82) is 0 Å². The van der Waals surface area contributed by atoms with Gasteiger partial charge in [0.2, 0.25) is 0 Å². The van der Waals surface area contributed by atoms with Gasteiger partial charge in [0, 0.05) is 34.0 Å². The highest BCUT2D eigenvalue weighted by atomic mass is 35.5. The molecule has 2 amide bonds. The Kier molecular flexibility index (Phi) is 8.04. The van der Waals surface area contributed by atoms with Crippen LogP contribution in [0.5, 0.6) is 0 Å². The number of rotatable bonds is 7. The van der Waals surface area contributed by atoms with Gasteiger partial charge in [0.1, 0.15) is 11.7 Å². The molecule has 0 aliphatic rings. The van der Waals surface area contributed by atoms with Gasteiger partial charge in [0.05, 0.1) is 0 Å². The van der Waals surface area contributed by atoms with Crippen molar-refractivity contribution in [3.05, 3.63) is 129 Å². The number of aromatic nitrogens is 1. The minimum atomic E-state index is -1.05. The van der Waals surface area contributed by atoms with E-state index in [1.54, 1.807) is 42.6 Å². The predicted molar refractivity (Wildman–Crippen MR) is 144 cm³/mol. The van der Waals surface area contributed by atoms with Gasteiger partial charge < -0.3 is 10.2 Å². The second-order valence-electron chi connectivity index (χ2n) is 8.46. The second kappa shape index (κ2) is 11.4. The molecule has 4 rings (SSSR count). The highest BCUT2D eigenvalue weighted by molar-refractivity contribution is 6.35. The van der Waals surface area contributed by atoms with Gasteiger partial charge in [-0.15, -0.1) is 0 Å². The van der Waals surface area contributed by atoms with Crippen molar-refractivity contribution in [3.8, 4) is 0 Å². The van der Waals surface area contributed by atoms with Crippen molar-refractivity contribution in [2.24, 2.45) is 0 Å². The minimum absolute atomic E-state index is 0.167. The maximum atomic E-state index is 14.0. The molecule has 0 aliphatic heterocycles. The number of pyridine rings is 1. The number of halogens is 2. The fourth-order valence-corrected chi connectivity index (χ4v) is 4.59. The van der Waals surface area contributed by atoms with Crippen LogP contribution in [0, 0.1) is 13.8 Å². The number of hydrogen-bond acceptors (Lipinski definition) is 3. The van der Waals surface area contributed by atoms with Crippen LogP contribution < -0.4 is 5.32 Å². The Bertz CT molecular complexity index is 1360. The summed E-state index contributed by atoms with van der Waals surface area (Å²) in [7, 11) is 0. The first-order chi connectivity index (χ1) is 17.3. The Morgan fingerprint density at radius 3 is 2.22 bits per heavy atom. The largest absolute Gasteiger partial charge is 0.323 e. The monoisotopic (exact) mass is 517 g/mol. The summed E-state index contributed by atoms with van der Waals surface area (Å²) < 4.78 is 0. The lowest BCUT2D eigenvalue weighted by molar-refractivity contribution is -0.121. The molecule has 5 nitrogen and oxygen atoms in total. The lowest BCUT2D eigenvalue weighted by atomic mass is 10.0. The van der Waals surface area contributed by atoms with Crippen molar-refractivity contribution < 1.29 is 9.59 Å². The van der Waals surface area contributed by atoms with Crippen LogP contribution in [0.1, 0.15) is 38.8 Å². The summed E-state index contributed by atoms with van der Waals surface area (Å²) in [6, 6.07) is 24.2. The summed E-state index contributed by atoms with van der Waals surface area (Å²) in [5.41, 5.74) is 4.07. The number of carbonyl (C=O) groups is 2. The Labute approximate surface area is 220 Å². The molecule has 0 aliphatic carbocycles. The molecule has 7 heteroatoms. The van der Waals surface area contributed by atoms with Crippen LogP contribution in [-0.4, -0.2) is 21.7 Å². The van der Waals surface area contributed by atoms with Crippen molar-refractivity contribution in [2.45, 2.75) is 26.4 Å². The normalized spacial score (nSPS) is 11.6. The van der Waals surface area contributed by atoms with Crippen molar-refractivity contribution >= 4 is 40.7 Å². The van der Waals surface area contributed by atoms with Gasteiger partial charge in [-0.3, -0.25) is 14.6 Å². The topological polar surface area (TPSA) is 62.3 Å². The van der Waals surface area contributed by atoms with Gasteiger partial charge >= 0.3 is 0 Å². The van der Waals surface area contributed by atoms with E-state index in [4.69, 9.17) is 23.2 Å². The van der Waals surface area contributed by atoms with E-state index in [1.807, 2.05) is 62.4 Å². The van der Waals surface area contributed by atoms with Gasteiger partial charge in [-0.05, 0) is 54.8 Å². The summed E-state index contributed by atoms with van der Waals surface area (Å²) in [5, 5.41) is 3.77. The molecule has 1 heterocycles. The molecule has 0 radical (unpaired) electrons. The summed E-state index contributed by atoms with van der Waals surface area (Å²) in [4.78, 5) is 33.6. The summed E-state index contributed by atoms with van der Waals surface area (Å²) >= 11 is 12.8. The smallest absolute Gasteiger partial charge is 0.273 e.